The fraction of sp³-hybridized carbons (Fsp3) is 0.227. The lowest BCUT2D eigenvalue weighted by Gasteiger charge is -2.36. The maximum Gasteiger partial charge on any atom is 0.334 e. The highest BCUT2D eigenvalue weighted by molar-refractivity contribution is 6.03. The number of phenols is 1. The average molecular weight is 376 g/mol. The molecular formula is C22H20N2O4. The van der Waals surface area contributed by atoms with Crippen LogP contribution in [0.4, 0.5) is 0 Å². The Hall–Kier alpha value is -3.41. The molecule has 6 nitrogen and oxygen atoms in total. The van der Waals surface area contributed by atoms with Crippen molar-refractivity contribution in [2.75, 3.05) is 0 Å². The van der Waals surface area contributed by atoms with Gasteiger partial charge in [0.1, 0.15) is 5.75 Å². The van der Waals surface area contributed by atoms with Gasteiger partial charge in [-0.3, -0.25) is 9.78 Å². The van der Waals surface area contributed by atoms with Gasteiger partial charge in [0, 0.05) is 47.1 Å². The van der Waals surface area contributed by atoms with E-state index >= 15 is 0 Å². The Labute approximate surface area is 162 Å². The van der Waals surface area contributed by atoms with Crippen molar-refractivity contribution in [3.05, 3.63) is 82.5 Å². The van der Waals surface area contributed by atoms with Crippen molar-refractivity contribution in [1.29, 1.82) is 0 Å². The molecule has 2 unspecified atom stereocenters. The number of aromatic nitrogens is 1. The van der Waals surface area contributed by atoms with Crippen LogP contribution in [0, 0.1) is 0 Å². The molecule has 0 saturated heterocycles. The summed E-state index contributed by atoms with van der Waals surface area (Å²) in [7, 11) is 0. The van der Waals surface area contributed by atoms with Crippen molar-refractivity contribution in [3.8, 4) is 5.75 Å². The van der Waals surface area contributed by atoms with Crippen molar-refractivity contribution >= 4 is 11.8 Å². The van der Waals surface area contributed by atoms with Gasteiger partial charge in [-0.25, -0.2) is 4.79 Å². The van der Waals surface area contributed by atoms with Crippen LogP contribution in [0.2, 0.25) is 0 Å². The van der Waals surface area contributed by atoms with Gasteiger partial charge in [-0.2, -0.15) is 0 Å². The topological polar surface area (TPSA) is 99.5 Å². The number of aliphatic carboxylic acids is 1. The summed E-state index contributed by atoms with van der Waals surface area (Å²) >= 11 is 0. The molecule has 1 aliphatic carbocycles. The molecule has 0 saturated carbocycles. The molecule has 0 spiro atoms. The average Bonchev–Trinajstić information content (AvgIpc) is 2.67. The molecule has 1 aromatic heterocycles. The number of allylic oxidation sites excluding steroid dienone is 3. The number of nitrogens with one attached hydrogen (secondary N) is 1. The summed E-state index contributed by atoms with van der Waals surface area (Å²) in [5, 5.41) is 22.9. The summed E-state index contributed by atoms with van der Waals surface area (Å²) in [4.78, 5) is 29.5. The number of carboxylic acid groups (broad SMARTS) is 1. The van der Waals surface area contributed by atoms with Gasteiger partial charge in [-0.15, -0.1) is 0 Å². The molecule has 1 aromatic carbocycles. The Balaban J connectivity index is 1.82. The number of Topliss-reactive ketones (excluding diaryl/α,β-unsaturated/α-hetero) is 1. The van der Waals surface area contributed by atoms with E-state index in [4.69, 9.17) is 0 Å². The van der Waals surface area contributed by atoms with Gasteiger partial charge in [0.25, 0.3) is 0 Å². The normalized spacial score (nSPS) is 22.0. The van der Waals surface area contributed by atoms with Gasteiger partial charge in [0.15, 0.2) is 5.78 Å². The third-order valence-corrected chi connectivity index (χ3v) is 5.37. The second-order valence-electron chi connectivity index (χ2n) is 7.17. The fourth-order valence-electron chi connectivity index (χ4n) is 4.19. The predicted molar refractivity (Wildman–Crippen MR) is 103 cm³/mol. The van der Waals surface area contributed by atoms with Crippen molar-refractivity contribution in [2.45, 2.75) is 31.6 Å². The summed E-state index contributed by atoms with van der Waals surface area (Å²) in [6.45, 7) is 1.71. The number of phenolic OH excluding ortho intramolecular Hbond substituents is 1. The minimum Gasteiger partial charge on any atom is -0.508 e. The second-order valence-corrected chi connectivity index (χ2v) is 7.17. The first-order valence-electron chi connectivity index (χ1n) is 9.13. The summed E-state index contributed by atoms with van der Waals surface area (Å²) < 4.78 is 0. The van der Waals surface area contributed by atoms with E-state index in [9.17, 15) is 19.8 Å². The third kappa shape index (κ3) is 3.07. The maximum atomic E-state index is 13.2. The number of pyridine rings is 1. The highest BCUT2D eigenvalue weighted by Crippen LogP contribution is 2.45. The minimum atomic E-state index is -1.08. The molecule has 2 aliphatic rings. The summed E-state index contributed by atoms with van der Waals surface area (Å²) in [5.41, 5.74) is 3.30. The highest BCUT2D eigenvalue weighted by Gasteiger charge is 2.41. The fourth-order valence-corrected chi connectivity index (χ4v) is 4.19. The van der Waals surface area contributed by atoms with Gasteiger partial charge in [-0.1, -0.05) is 18.2 Å². The standard InChI is InChI=1S/C22H20N2O4/c1-12-19(22(27)28)20(13-5-4-6-15(25)9-13)21-17(24-12)10-14(11-18(21)26)16-7-2-3-8-23-16/h2-9,14,20,24-25H,10-11H2,1H3,(H,27,28). The molecule has 2 heterocycles. The van der Waals surface area contributed by atoms with Crippen molar-refractivity contribution in [1.82, 2.24) is 10.3 Å². The number of carbonyl (C=O) groups excluding carboxylic acids is 1. The maximum absolute atomic E-state index is 13.2. The smallest absolute Gasteiger partial charge is 0.334 e. The number of rotatable bonds is 3. The molecule has 1 aliphatic heterocycles. The third-order valence-electron chi connectivity index (χ3n) is 5.37. The zero-order chi connectivity index (χ0) is 19.8. The first-order valence-corrected chi connectivity index (χ1v) is 9.13. The van der Waals surface area contributed by atoms with Gasteiger partial charge in [0.2, 0.25) is 0 Å². The summed E-state index contributed by atoms with van der Waals surface area (Å²) in [6.07, 6.45) is 2.57. The van der Waals surface area contributed by atoms with Crippen LogP contribution in [0.15, 0.2) is 71.2 Å². The monoisotopic (exact) mass is 376 g/mol. The van der Waals surface area contributed by atoms with Crippen LogP contribution in [0.25, 0.3) is 0 Å². The largest absolute Gasteiger partial charge is 0.508 e. The Bertz CT molecular complexity index is 1020. The van der Waals surface area contributed by atoms with E-state index in [0.29, 0.717) is 23.3 Å². The number of hydrogen-bond donors (Lipinski definition) is 3. The van der Waals surface area contributed by atoms with Crippen LogP contribution in [-0.2, 0) is 9.59 Å². The van der Waals surface area contributed by atoms with Crippen LogP contribution in [0.5, 0.6) is 5.75 Å². The molecule has 0 bridgehead atoms. The van der Waals surface area contributed by atoms with Gasteiger partial charge < -0.3 is 15.5 Å². The number of carboxylic acids is 1. The van der Waals surface area contributed by atoms with E-state index in [0.717, 1.165) is 11.4 Å². The van der Waals surface area contributed by atoms with Crippen molar-refractivity contribution in [2.24, 2.45) is 0 Å². The lowest BCUT2D eigenvalue weighted by atomic mass is 9.72. The molecular weight excluding hydrogens is 356 g/mol. The summed E-state index contributed by atoms with van der Waals surface area (Å²) in [6, 6.07) is 12.1. The van der Waals surface area contributed by atoms with Crippen LogP contribution in [-0.4, -0.2) is 26.9 Å². The van der Waals surface area contributed by atoms with Gasteiger partial charge >= 0.3 is 5.97 Å². The SMILES string of the molecule is CC1=C(C(=O)O)C(c2cccc(O)c2)C2=C(CC(c3ccccn3)CC2=O)N1. The number of dihydropyridines is 1. The number of aromatic hydroxyl groups is 1. The molecule has 2 aromatic rings. The minimum absolute atomic E-state index is 0.0372. The number of carbonyl (C=O) groups is 2. The lowest BCUT2D eigenvalue weighted by molar-refractivity contribution is -0.133. The van der Waals surface area contributed by atoms with Crippen LogP contribution < -0.4 is 5.32 Å². The Morgan fingerprint density at radius 3 is 2.68 bits per heavy atom. The van der Waals surface area contributed by atoms with Crippen LogP contribution in [0.3, 0.4) is 0 Å². The molecule has 3 N–H and O–H groups in total. The zero-order valence-electron chi connectivity index (χ0n) is 15.3. The quantitative estimate of drug-likeness (QED) is 0.761. The van der Waals surface area contributed by atoms with Crippen molar-refractivity contribution < 1.29 is 19.8 Å². The van der Waals surface area contributed by atoms with Gasteiger partial charge in [0.05, 0.1) is 5.57 Å². The van der Waals surface area contributed by atoms with E-state index in [1.54, 1.807) is 25.3 Å². The van der Waals surface area contributed by atoms with E-state index < -0.39 is 11.9 Å². The van der Waals surface area contributed by atoms with E-state index in [1.807, 2.05) is 18.2 Å². The number of ketones is 1. The number of nitrogens with zero attached hydrogens (tertiary/aromatic N) is 1. The molecule has 0 amide bonds. The molecule has 2 atom stereocenters. The Kier molecular flexibility index (Phi) is 4.47. The molecule has 0 radical (unpaired) electrons. The molecule has 28 heavy (non-hydrogen) atoms. The van der Waals surface area contributed by atoms with Crippen LogP contribution in [0.1, 0.15) is 42.9 Å². The lowest BCUT2D eigenvalue weighted by Crippen LogP contribution is -2.35. The highest BCUT2D eigenvalue weighted by atomic mass is 16.4. The first kappa shape index (κ1) is 18.0. The number of hydrogen-bond acceptors (Lipinski definition) is 5. The predicted octanol–water partition coefficient (Wildman–Crippen LogP) is 3.23. The second kappa shape index (κ2) is 6.96. The number of benzene rings is 1. The molecule has 6 heteroatoms. The van der Waals surface area contributed by atoms with E-state index in [-0.39, 0.29) is 29.4 Å². The molecule has 142 valence electrons. The van der Waals surface area contributed by atoms with Crippen molar-refractivity contribution in [3.63, 3.8) is 0 Å². The molecule has 0 fully saturated rings. The Morgan fingerprint density at radius 1 is 1.18 bits per heavy atom. The summed E-state index contributed by atoms with van der Waals surface area (Å²) in [5.74, 6) is -1.90. The van der Waals surface area contributed by atoms with Crippen LogP contribution >= 0.6 is 0 Å². The van der Waals surface area contributed by atoms with E-state index in [2.05, 4.69) is 10.3 Å². The van der Waals surface area contributed by atoms with Gasteiger partial charge in [-0.05, 0) is 43.2 Å². The molecule has 4 rings (SSSR count). The Morgan fingerprint density at radius 2 is 2.00 bits per heavy atom. The van der Waals surface area contributed by atoms with E-state index in [1.165, 1.54) is 12.1 Å². The zero-order valence-corrected chi connectivity index (χ0v) is 15.3. The first-order chi connectivity index (χ1) is 13.5.